The summed E-state index contributed by atoms with van der Waals surface area (Å²) in [6.07, 6.45) is 4.43. The van der Waals surface area contributed by atoms with Crippen LogP contribution in [0.5, 0.6) is 0 Å². The molecule has 0 saturated heterocycles. The highest BCUT2D eigenvalue weighted by Gasteiger charge is 2.25. The molecule has 124 valence electrons. The largest absolute Gasteiger partial charge is 0.344 e. The van der Waals surface area contributed by atoms with E-state index < -0.39 is 0 Å². The molecule has 3 heteroatoms. The van der Waals surface area contributed by atoms with Gasteiger partial charge in [-0.15, -0.1) is 0 Å². The van der Waals surface area contributed by atoms with Gasteiger partial charge in [-0.1, -0.05) is 48.5 Å². The molecule has 2 aromatic rings. The summed E-state index contributed by atoms with van der Waals surface area (Å²) in [6, 6.07) is 17.4. The maximum Gasteiger partial charge on any atom is 0.275 e. The zero-order chi connectivity index (χ0) is 16.4. The first-order valence-electron chi connectivity index (χ1n) is 9.07. The molecule has 4 rings (SSSR count). The van der Waals surface area contributed by atoms with Crippen molar-refractivity contribution >= 4 is 5.91 Å². The summed E-state index contributed by atoms with van der Waals surface area (Å²) in [6.45, 7) is 2.59. The second kappa shape index (κ2) is 6.78. The van der Waals surface area contributed by atoms with Crippen LogP contribution in [0.25, 0.3) is 0 Å². The second-order valence-electron chi connectivity index (χ2n) is 7.08. The quantitative estimate of drug-likeness (QED) is 0.888. The van der Waals surface area contributed by atoms with E-state index in [1.807, 2.05) is 0 Å². The average molecular weight is 321 g/mol. The molecule has 1 aliphatic heterocycles. The van der Waals surface area contributed by atoms with E-state index in [2.05, 4.69) is 53.8 Å². The standard InChI is InChI=1S/C21H24N2O/c24-21(15-23-13-12-16-6-1-2-8-18(16)14-23)22-20-11-5-9-17-7-3-4-10-19(17)20/h1-4,6-8,10,20H,5,9,11-15H2,(H,22,24)/p+1/t20-/m1/s1. The Hall–Kier alpha value is -2.13. The molecule has 0 saturated carbocycles. The van der Waals surface area contributed by atoms with E-state index in [-0.39, 0.29) is 11.9 Å². The normalized spacial score (nSPS) is 22.3. The molecule has 2 aliphatic rings. The predicted octanol–water partition coefficient (Wildman–Crippen LogP) is 1.82. The minimum Gasteiger partial charge on any atom is -0.344 e. The van der Waals surface area contributed by atoms with Crippen molar-refractivity contribution in [3.05, 3.63) is 70.8 Å². The first-order valence-corrected chi connectivity index (χ1v) is 9.07. The number of fused-ring (bicyclic) bond motifs is 2. The number of amides is 1. The van der Waals surface area contributed by atoms with Crippen LogP contribution >= 0.6 is 0 Å². The Kier molecular flexibility index (Phi) is 4.35. The van der Waals surface area contributed by atoms with Crippen LogP contribution < -0.4 is 10.2 Å². The maximum absolute atomic E-state index is 12.6. The van der Waals surface area contributed by atoms with E-state index in [0.29, 0.717) is 6.54 Å². The molecular formula is C21H25N2O+. The van der Waals surface area contributed by atoms with Crippen LogP contribution in [-0.2, 0) is 24.2 Å². The third-order valence-electron chi connectivity index (χ3n) is 5.42. The fourth-order valence-electron chi connectivity index (χ4n) is 4.17. The first-order chi connectivity index (χ1) is 11.8. The van der Waals surface area contributed by atoms with Gasteiger partial charge in [0.15, 0.2) is 6.54 Å². The van der Waals surface area contributed by atoms with Crippen LogP contribution in [0, 0.1) is 0 Å². The van der Waals surface area contributed by atoms with Crippen molar-refractivity contribution in [3.63, 3.8) is 0 Å². The van der Waals surface area contributed by atoms with Gasteiger partial charge in [0, 0.05) is 12.0 Å². The summed E-state index contributed by atoms with van der Waals surface area (Å²) in [7, 11) is 0. The van der Waals surface area contributed by atoms with Crippen molar-refractivity contribution in [2.24, 2.45) is 0 Å². The van der Waals surface area contributed by atoms with Crippen molar-refractivity contribution in [2.75, 3.05) is 13.1 Å². The molecular weight excluding hydrogens is 296 g/mol. The Balaban J connectivity index is 1.38. The monoisotopic (exact) mass is 321 g/mol. The number of carbonyl (C=O) groups is 1. The minimum absolute atomic E-state index is 0.186. The molecule has 0 radical (unpaired) electrons. The number of quaternary nitrogens is 1. The van der Waals surface area contributed by atoms with Gasteiger partial charge in [-0.3, -0.25) is 4.79 Å². The van der Waals surface area contributed by atoms with Crippen LogP contribution in [0.15, 0.2) is 48.5 Å². The molecule has 1 amide bonds. The SMILES string of the molecule is O=C(C[NH+]1CCc2ccccc2C1)N[C@@H]1CCCc2ccccc21. The summed E-state index contributed by atoms with van der Waals surface area (Å²) in [5, 5.41) is 3.29. The first kappa shape index (κ1) is 15.4. The van der Waals surface area contributed by atoms with Gasteiger partial charge in [0.25, 0.3) is 5.91 Å². The van der Waals surface area contributed by atoms with Gasteiger partial charge in [-0.05, 0) is 36.0 Å². The fourth-order valence-corrected chi connectivity index (χ4v) is 4.17. The second-order valence-corrected chi connectivity index (χ2v) is 7.08. The number of rotatable bonds is 3. The summed E-state index contributed by atoms with van der Waals surface area (Å²) in [5.41, 5.74) is 5.56. The summed E-state index contributed by atoms with van der Waals surface area (Å²) < 4.78 is 0. The number of carbonyl (C=O) groups excluding carboxylic acids is 1. The van der Waals surface area contributed by atoms with Gasteiger partial charge in [0.05, 0.1) is 12.6 Å². The van der Waals surface area contributed by atoms with Gasteiger partial charge in [-0.2, -0.15) is 0 Å². The molecule has 1 heterocycles. The maximum atomic E-state index is 12.6. The van der Waals surface area contributed by atoms with Gasteiger partial charge in [0.2, 0.25) is 0 Å². The van der Waals surface area contributed by atoms with Gasteiger partial charge in [0.1, 0.15) is 6.54 Å². The minimum atomic E-state index is 0.186. The van der Waals surface area contributed by atoms with Crippen molar-refractivity contribution in [2.45, 2.75) is 38.3 Å². The lowest BCUT2D eigenvalue weighted by molar-refractivity contribution is -0.908. The lowest BCUT2D eigenvalue weighted by atomic mass is 9.88. The number of aryl methyl sites for hydroxylation is 1. The molecule has 0 aromatic heterocycles. The molecule has 0 bridgehead atoms. The number of benzene rings is 2. The molecule has 1 unspecified atom stereocenters. The van der Waals surface area contributed by atoms with Crippen LogP contribution in [0.4, 0.5) is 0 Å². The summed E-state index contributed by atoms with van der Waals surface area (Å²) in [4.78, 5) is 13.9. The lowest BCUT2D eigenvalue weighted by Crippen LogP contribution is -3.12. The Morgan fingerprint density at radius 2 is 1.75 bits per heavy atom. The van der Waals surface area contributed by atoms with Crippen molar-refractivity contribution < 1.29 is 9.69 Å². The molecule has 1 aliphatic carbocycles. The van der Waals surface area contributed by atoms with Crippen LogP contribution in [0.3, 0.4) is 0 Å². The third kappa shape index (κ3) is 3.22. The zero-order valence-corrected chi connectivity index (χ0v) is 14.1. The fraction of sp³-hybridized carbons (Fsp3) is 0.381. The van der Waals surface area contributed by atoms with Crippen molar-refractivity contribution in [1.29, 1.82) is 0 Å². The number of hydrogen-bond donors (Lipinski definition) is 2. The highest BCUT2D eigenvalue weighted by atomic mass is 16.2. The molecule has 0 fully saturated rings. The Morgan fingerprint density at radius 1 is 1.00 bits per heavy atom. The lowest BCUT2D eigenvalue weighted by Gasteiger charge is -2.28. The van der Waals surface area contributed by atoms with Gasteiger partial charge < -0.3 is 10.2 Å². The number of hydrogen-bond acceptors (Lipinski definition) is 1. The van der Waals surface area contributed by atoms with Gasteiger partial charge >= 0.3 is 0 Å². The van der Waals surface area contributed by atoms with Crippen LogP contribution in [0.1, 0.15) is 41.1 Å². The van der Waals surface area contributed by atoms with Gasteiger partial charge in [-0.25, -0.2) is 0 Å². The topological polar surface area (TPSA) is 33.5 Å². The van der Waals surface area contributed by atoms with E-state index in [1.54, 1.807) is 0 Å². The predicted molar refractivity (Wildman–Crippen MR) is 94.8 cm³/mol. The highest BCUT2D eigenvalue weighted by Crippen LogP contribution is 2.29. The average Bonchev–Trinajstić information content (AvgIpc) is 2.62. The van der Waals surface area contributed by atoms with Crippen LogP contribution in [-0.4, -0.2) is 19.0 Å². The summed E-state index contributed by atoms with van der Waals surface area (Å²) in [5.74, 6) is 0.186. The van der Waals surface area contributed by atoms with E-state index in [9.17, 15) is 4.79 Å². The Bertz CT molecular complexity index is 740. The molecule has 2 atom stereocenters. The van der Waals surface area contributed by atoms with Crippen molar-refractivity contribution in [1.82, 2.24) is 5.32 Å². The Morgan fingerprint density at radius 3 is 2.62 bits per heavy atom. The van der Waals surface area contributed by atoms with E-state index in [1.165, 1.54) is 27.2 Å². The molecule has 24 heavy (non-hydrogen) atoms. The molecule has 2 N–H and O–H groups in total. The van der Waals surface area contributed by atoms with E-state index in [4.69, 9.17) is 0 Å². The molecule has 2 aromatic carbocycles. The molecule has 3 nitrogen and oxygen atoms in total. The number of nitrogens with one attached hydrogen (secondary N) is 2. The zero-order valence-electron chi connectivity index (χ0n) is 14.1. The molecule has 0 spiro atoms. The summed E-state index contributed by atoms with van der Waals surface area (Å²) >= 11 is 0. The smallest absolute Gasteiger partial charge is 0.275 e. The van der Waals surface area contributed by atoms with E-state index in [0.717, 1.165) is 38.8 Å². The van der Waals surface area contributed by atoms with E-state index >= 15 is 0 Å². The third-order valence-corrected chi connectivity index (χ3v) is 5.42. The Labute approximate surface area is 143 Å². The van der Waals surface area contributed by atoms with Crippen LogP contribution in [0.2, 0.25) is 0 Å². The van der Waals surface area contributed by atoms with Crippen molar-refractivity contribution in [3.8, 4) is 0 Å². The highest BCUT2D eigenvalue weighted by molar-refractivity contribution is 5.77.